The SMILES string of the molecule is CN(C)N(Cc1c[nH]c2ccccc12)C1CCCCC1. The molecule has 0 saturated heterocycles. The molecule has 20 heavy (non-hydrogen) atoms. The number of aromatic nitrogens is 1. The summed E-state index contributed by atoms with van der Waals surface area (Å²) in [5.41, 5.74) is 2.64. The van der Waals surface area contributed by atoms with E-state index in [0.717, 1.165) is 6.54 Å². The van der Waals surface area contributed by atoms with Crippen LogP contribution >= 0.6 is 0 Å². The van der Waals surface area contributed by atoms with Crippen molar-refractivity contribution in [1.29, 1.82) is 0 Å². The Hall–Kier alpha value is -1.32. The lowest BCUT2D eigenvalue weighted by molar-refractivity contribution is -0.0395. The topological polar surface area (TPSA) is 22.3 Å². The van der Waals surface area contributed by atoms with Crippen molar-refractivity contribution < 1.29 is 0 Å². The highest BCUT2D eigenvalue weighted by Crippen LogP contribution is 2.26. The summed E-state index contributed by atoms with van der Waals surface area (Å²) in [6.07, 6.45) is 9.00. The van der Waals surface area contributed by atoms with Crippen LogP contribution in [0.25, 0.3) is 10.9 Å². The van der Waals surface area contributed by atoms with Gasteiger partial charge in [0.05, 0.1) is 0 Å². The molecule has 3 heteroatoms. The number of nitrogens with zero attached hydrogens (tertiary/aromatic N) is 2. The Bertz CT molecular complexity index is 552. The third-order valence-electron chi connectivity index (χ3n) is 4.52. The van der Waals surface area contributed by atoms with E-state index in [-0.39, 0.29) is 0 Å². The van der Waals surface area contributed by atoms with Gasteiger partial charge in [-0.05, 0) is 24.5 Å². The number of hydrogen-bond donors (Lipinski definition) is 1. The van der Waals surface area contributed by atoms with E-state index in [0.29, 0.717) is 6.04 Å². The lowest BCUT2D eigenvalue weighted by Gasteiger charge is -2.38. The zero-order valence-corrected chi connectivity index (χ0v) is 12.6. The summed E-state index contributed by atoms with van der Waals surface area (Å²) in [5.74, 6) is 0. The average molecular weight is 271 g/mol. The lowest BCUT2D eigenvalue weighted by atomic mass is 9.94. The second-order valence-electron chi connectivity index (χ2n) is 6.10. The summed E-state index contributed by atoms with van der Waals surface area (Å²) in [7, 11) is 4.34. The number of benzene rings is 1. The molecule has 1 aromatic heterocycles. The average Bonchev–Trinajstić information content (AvgIpc) is 2.88. The molecule has 0 bridgehead atoms. The Morgan fingerprint density at radius 2 is 1.85 bits per heavy atom. The Kier molecular flexibility index (Phi) is 4.08. The highest BCUT2D eigenvalue weighted by molar-refractivity contribution is 5.82. The molecule has 108 valence electrons. The molecule has 0 atom stereocenters. The maximum atomic E-state index is 3.39. The summed E-state index contributed by atoms with van der Waals surface area (Å²) in [6, 6.07) is 9.29. The van der Waals surface area contributed by atoms with Crippen LogP contribution in [-0.2, 0) is 6.54 Å². The van der Waals surface area contributed by atoms with Crippen LogP contribution in [0, 0.1) is 0 Å². The Balaban J connectivity index is 1.82. The Morgan fingerprint density at radius 1 is 1.10 bits per heavy atom. The second kappa shape index (κ2) is 5.98. The van der Waals surface area contributed by atoms with Crippen LogP contribution in [0.1, 0.15) is 37.7 Å². The predicted octanol–water partition coefficient (Wildman–Crippen LogP) is 3.78. The normalized spacial score (nSPS) is 17.4. The third kappa shape index (κ3) is 2.74. The maximum Gasteiger partial charge on any atom is 0.0457 e. The van der Waals surface area contributed by atoms with E-state index >= 15 is 0 Å². The molecule has 3 rings (SSSR count). The minimum absolute atomic E-state index is 0.701. The molecule has 1 N–H and O–H groups in total. The van der Waals surface area contributed by atoms with Gasteiger partial charge in [-0.15, -0.1) is 0 Å². The summed E-state index contributed by atoms with van der Waals surface area (Å²) in [5, 5.41) is 6.17. The van der Waals surface area contributed by atoms with Crippen LogP contribution in [0.3, 0.4) is 0 Å². The largest absolute Gasteiger partial charge is 0.361 e. The van der Waals surface area contributed by atoms with Gasteiger partial charge in [0.1, 0.15) is 0 Å². The molecule has 0 amide bonds. The third-order valence-corrected chi connectivity index (χ3v) is 4.52. The molecule has 1 aromatic carbocycles. The number of fused-ring (bicyclic) bond motifs is 1. The minimum atomic E-state index is 0.701. The number of hydrazine groups is 1. The Labute approximate surface area is 121 Å². The molecule has 3 nitrogen and oxygen atoms in total. The van der Waals surface area contributed by atoms with E-state index in [4.69, 9.17) is 0 Å². The smallest absolute Gasteiger partial charge is 0.0457 e. The first-order valence-corrected chi connectivity index (χ1v) is 7.74. The molecular formula is C17H25N3. The number of hydrogen-bond acceptors (Lipinski definition) is 2. The monoisotopic (exact) mass is 271 g/mol. The number of nitrogens with one attached hydrogen (secondary N) is 1. The fourth-order valence-electron chi connectivity index (χ4n) is 3.41. The van der Waals surface area contributed by atoms with Crippen molar-refractivity contribution in [3.05, 3.63) is 36.0 Å². The second-order valence-corrected chi connectivity index (χ2v) is 6.10. The first-order chi connectivity index (χ1) is 9.75. The van der Waals surface area contributed by atoms with Crippen LogP contribution < -0.4 is 0 Å². The van der Waals surface area contributed by atoms with Gasteiger partial charge in [-0.1, -0.05) is 37.5 Å². The highest BCUT2D eigenvalue weighted by Gasteiger charge is 2.23. The van der Waals surface area contributed by atoms with Gasteiger partial charge in [-0.2, -0.15) is 0 Å². The molecule has 1 heterocycles. The molecule has 1 fully saturated rings. The standard InChI is InChI=1S/C17H25N3/c1-19(2)20(15-8-4-3-5-9-15)13-14-12-18-17-11-7-6-10-16(14)17/h6-7,10-12,15,18H,3-5,8-9,13H2,1-2H3. The van der Waals surface area contributed by atoms with Crippen molar-refractivity contribution in [3.8, 4) is 0 Å². The van der Waals surface area contributed by atoms with E-state index in [1.165, 1.54) is 48.6 Å². The summed E-state index contributed by atoms with van der Waals surface area (Å²) >= 11 is 0. The van der Waals surface area contributed by atoms with Crippen LogP contribution in [0.15, 0.2) is 30.5 Å². The van der Waals surface area contributed by atoms with Crippen LogP contribution in [0.5, 0.6) is 0 Å². The molecule has 0 radical (unpaired) electrons. The van der Waals surface area contributed by atoms with Crippen molar-refractivity contribution in [2.75, 3.05) is 14.1 Å². The van der Waals surface area contributed by atoms with Crippen LogP contribution in [0.4, 0.5) is 0 Å². The van der Waals surface area contributed by atoms with Gasteiger partial charge < -0.3 is 4.98 Å². The molecule has 0 spiro atoms. The van der Waals surface area contributed by atoms with Gasteiger partial charge in [-0.25, -0.2) is 10.0 Å². The fourth-order valence-corrected chi connectivity index (χ4v) is 3.41. The molecule has 2 aromatic rings. The summed E-state index contributed by atoms with van der Waals surface area (Å²) in [6.45, 7) is 1.00. The number of H-pyrrole nitrogens is 1. The van der Waals surface area contributed by atoms with Crippen LogP contribution in [0.2, 0.25) is 0 Å². The number of para-hydroxylation sites is 1. The van der Waals surface area contributed by atoms with E-state index in [9.17, 15) is 0 Å². The van der Waals surface area contributed by atoms with E-state index in [1.54, 1.807) is 0 Å². The van der Waals surface area contributed by atoms with E-state index in [1.807, 2.05) is 0 Å². The van der Waals surface area contributed by atoms with Gasteiger partial charge in [0, 0.05) is 43.8 Å². The van der Waals surface area contributed by atoms with Gasteiger partial charge in [0.2, 0.25) is 0 Å². The van der Waals surface area contributed by atoms with Gasteiger partial charge in [-0.3, -0.25) is 0 Å². The molecule has 1 saturated carbocycles. The molecule has 0 aliphatic heterocycles. The molecule has 0 unspecified atom stereocenters. The first kappa shape index (κ1) is 13.7. The van der Waals surface area contributed by atoms with Crippen LogP contribution in [-0.4, -0.2) is 35.1 Å². The fraction of sp³-hybridized carbons (Fsp3) is 0.529. The van der Waals surface area contributed by atoms with Gasteiger partial charge in [0.25, 0.3) is 0 Å². The van der Waals surface area contributed by atoms with Crippen molar-refractivity contribution in [2.24, 2.45) is 0 Å². The zero-order valence-electron chi connectivity index (χ0n) is 12.6. The number of aromatic amines is 1. The molecule has 1 aliphatic carbocycles. The highest BCUT2D eigenvalue weighted by atomic mass is 15.6. The first-order valence-electron chi connectivity index (χ1n) is 7.74. The van der Waals surface area contributed by atoms with Gasteiger partial charge >= 0.3 is 0 Å². The van der Waals surface area contributed by atoms with Crippen molar-refractivity contribution in [2.45, 2.75) is 44.7 Å². The lowest BCUT2D eigenvalue weighted by Crippen LogP contribution is -2.45. The quantitative estimate of drug-likeness (QED) is 0.855. The Morgan fingerprint density at radius 3 is 2.60 bits per heavy atom. The minimum Gasteiger partial charge on any atom is -0.361 e. The van der Waals surface area contributed by atoms with Crippen molar-refractivity contribution in [1.82, 2.24) is 15.0 Å². The maximum absolute atomic E-state index is 3.39. The van der Waals surface area contributed by atoms with Crippen molar-refractivity contribution in [3.63, 3.8) is 0 Å². The van der Waals surface area contributed by atoms with Crippen molar-refractivity contribution >= 4 is 10.9 Å². The summed E-state index contributed by atoms with van der Waals surface area (Å²) in [4.78, 5) is 3.39. The van der Waals surface area contributed by atoms with E-state index in [2.05, 4.69) is 59.6 Å². The predicted molar refractivity (Wildman–Crippen MR) is 84.4 cm³/mol. The summed E-state index contributed by atoms with van der Waals surface area (Å²) < 4.78 is 0. The van der Waals surface area contributed by atoms with E-state index < -0.39 is 0 Å². The number of rotatable bonds is 4. The zero-order chi connectivity index (χ0) is 13.9. The molecule has 1 aliphatic rings. The molecular weight excluding hydrogens is 246 g/mol. The van der Waals surface area contributed by atoms with Gasteiger partial charge in [0.15, 0.2) is 0 Å².